The summed E-state index contributed by atoms with van der Waals surface area (Å²) in [6.07, 6.45) is 1.40. The molecule has 0 aliphatic carbocycles. The second kappa shape index (κ2) is 6.88. The van der Waals surface area contributed by atoms with Crippen LogP contribution in [-0.4, -0.2) is 20.5 Å². The minimum Gasteiger partial charge on any atom is -0.493 e. The fourth-order valence-corrected chi connectivity index (χ4v) is 2.22. The van der Waals surface area contributed by atoms with Gasteiger partial charge in [-0.15, -0.1) is 0 Å². The van der Waals surface area contributed by atoms with Gasteiger partial charge in [0.15, 0.2) is 11.5 Å². The Balaban J connectivity index is 2.22. The highest BCUT2D eigenvalue weighted by Crippen LogP contribution is 2.29. The predicted molar refractivity (Wildman–Crippen MR) is 78.5 cm³/mol. The number of ether oxygens (including phenoxy) is 2. The largest absolute Gasteiger partial charge is 0.493 e. The molecule has 1 atom stereocenters. The van der Waals surface area contributed by atoms with Gasteiger partial charge in [0.1, 0.15) is 12.1 Å². The number of methoxy groups -OCH3 is 2. The van der Waals surface area contributed by atoms with Crippen molar-refractivity contribution in [3.8, 4) is 11.5 Å². The van der Waals surface area contributed by atoms with Gasteiger partial charge in [-0.3, -0.25) is 0 Å². The summed E-state index contributed by atoms with van der Waals surface area (Å²) >= 11 is 0. The topological polar surface area (TPSA) is 35.5 Å². The van der Waals surface area contributed by atoms with Crippen LogP contribution in [0, 0.1) is 5.82 Å². The summed E-state index contributed by atoms with van der Waals surface area (Å²) in [7, 11) is 3.14. The van der Waals surface area contributed by atoms with Crippen molar-refractivity contribution in [3.05, 3.63) is 59.4 Å². The van der Waals surface area contributed by atoms with E-state index in [0.29, 0.717) is 17.9 Å². The van der Waals surface area contributed by atoms with Crippen LogP contribution < -0.4 is 9.47 Å². The van der Waals surface area contributed by atoms with E-state index in [1.807, 2.05) is 12.1 Å². The molecule has 0 bridgehead atoms. The molecule has 2 aromatic rings. The van der Waals surface area contributed by atoms with Gasteiger partial charge in [-0.1, -0.05) is 18.2 Å². The van der Waals surface area contributed by atoms with E-state index in [1.165, 1.54) is 12.1 Å². The first kappa shape index (κ1) is 15.0. The lowest BCUT2D eigenvalue weighted by atomic mass is 9.93. The Morgan fingerprint density at radius 3 is 2.29 bits per heavy atom. The standard InChI is InChI=1S/C17H17FO3/c1-20-16-8-3-12(10-17(16)21-2)9-14(11-19)13-4-6-15(18)7-5-13/h3-8,10-11,14H,9H2,1-2H3. The molecule has 1 unspecified atom stereocenters. The predicted octanol–water partition coefficient (Wildman–Crippen LogP) is 3.37. The zero-order valence-corrected chi connectivity index (χ0v) is 12.0. The Labute approximate surface area is 123 Å². The van der Waals surface area contributed by atoms with Gasteiger partial charge in [-0.25, -0.2) is 4.39 Å². The summed E-state index contributed by atoms with van der Waals surface area (Å²) in [6.45, 7) is 0. The lowest BCUT2D eigenvalue weighted by molar-refractivity contribution is -0.109. The molecule has 0 spiro atoms. The van der Waals surface area contributed by atoms with E-state index in [1.54, 1.807) is 32.4 Å². The van der Waals surface area contributed by atoms with Gasteiger partial charge in [0.25, 0.3) is 0 Å². The Morgan fingerprint density at radius 1 is 1.05 bits per heavy atom. The van der Waals surface area contributed by atoms with Crippen LogP contribution in [-0.2, 0) is 11.2 Å². The molecular weight excluding hydrogens is 271 g/mol. The third-order valence-electron chi connectivity index (χ3n) is 3.37. The van der Waals surface area contributed by atoms with Gasteiger partial charge in [0, 0.05) is 5.92 Å². The third-order valence-corrected chi connectivity index (χ3v) is 3.37. The summed E-state index contributed by atoms with van der Waals surface area (Å²) in [5.74, 6) is 0.641. The normalized spacial score (nSPS) is 11.8. The van der Waals surface area contributed by atoms with E-state index in [9.17, 15) is 9.18 Å². The molecule has 110 valence electrons. The lowest BCUT2D eigenvalue weighted by Crippen LogP contribution is -2.05. The molecule has 2 rings (SSSR count). The number of rotatable bonds is 6. The van der Waals surface area contributed by atoms with Crippen molar-refractivity contribution in [2.24, 2.45) is 0 Å². The van der Waals surface area contributed by atoms with E-state index in [2.05, 4.69) is 0 Å². The van der Waals surface area contributed by atoms with E-state index in [-0.39, 0.29) is 11.7 Å². The minimum absolute atomic E-state index is 0.311. The number of hydrogen-bond acceptors (Lipinski definition) is 3. The van der Waals surface area contributed by atoms with Crippen molar-refractivity contribution in [3.63, 3.8) is 0 Å². The van der Waals surface area contributed by atoms with Crippen molar-refractivity contribution in [1.82, 2.24) is 0 Å². The smallest absolute Gasteiger partial charge is 0.160 e. The first-order valence-electron chi connectivity index (χ1n) is 6.59. The summed E-state index contributed by atoms with van der Waals surface area (Å²) in [6, 6.07) is 11.5. The second-order valence-electron chi connectivity index (χ2n) is 4.69. The summed E-state index contributed by atoms with van der Waals surface area (Å²) in [5.41, 5.74) is 1.75. The van der Waals surface area contributed by atoms with Crippen molar-refractivity contribution in [2.45, 2.75) is 12.3 Å². The van der Waals surface area contributed by atoms with Crippen LogP contribution in [0.5, 0.6) is 11.5 Å². The highest BCUT2D eigenvalue weighted by atomic mass is 19.1. The molecule has 0 fully saturated rings. The summed E-state index contributed by atoms with van der Waals surface area (Å²) < 4.78 is 23.4. The van der Waals surface area contributed by atoms with Gasteiger partial charge in [-0.05, 0) is 41.8 Å². The molecular formula is C17H17FO3. The molecule has 0 N–H and O–H groups in total. The first-order valence-corrected chi connectivity index (χ1v) is 6.59. The molecule has 21 heavy (non-hydrogen) atoms. The van der Waals surface area contributed by atoms with E-state index >= 15 is 0 Å². The first-order chi connectivity index (χ1) is 10.2. The van der Waals surface area contributed by atoms with E-state index < -0.39 is 0 Å². The fourth-order valence-electron chi connectivity index (χ4n) is 2.22. The highest BCUT2D eigenvalue weighted by molar-refractivity contribution is 5.63. The van der Waals surface area contributed by atoms with Gasteiger partial charge >= 0.3 is 0 Å². The number of halogens is 1. The molecule has 0 amide bonds. The van der Waals surface area contributed by atoms with Gasteiger partial charge in [0.2, 0.25) is 0 Å². The van der Waals surface area contributed by atoms with Crippen molar-refractivity contribution in [2.75, 3.05) is 14.2 Å². The average molecular weight is 288 g/mol. The van der Waals surface area contributed by atoms with Crippen molar-refractivity contribution >= 4 is 6.29 Å². The average Bonchev–Trinajstić information content (AvgIpc) is 2.53. The molecule has 2 aromatic carbocycles. The molecule has 0 heterocycles. The van der Waals surface area contributed by atoms with Crippen LogP contribution in [0.4, 0.5) is 4.39 Å². The Bertz CT molecular complexity index is 608. The Hall–Kier alpha value is -2.36. The monoisotopic (exact) mass is 288 g/mol. The quantitative estimate of drug-likeness (QED) is 0.765. The molecule has 0 aliphatic heterocycles. The number of carbonyl (C=O) groups excluding carboxylic acids is 1. The molecule has 0 radical (unpaired) electrons. The maximum absolute atomic E-state index is 12.9. The fraction of sp³-hybridized carbons (Fsp3) is 0.235. The highest BCUT2D eigenvalue weighted by Gasteiger charge is 2.13. The van der Waals surface area contributed by atoms with Crippen LogP contribution in [0.1, 0.15) is 17.0 Å². The zero-order chi connectivity index (χ0) is 15.2. The van der Waals surface area contributed by atoms with Crippen LogP contribution in [0.3, 0.4) is 0 Å². The molecule has 0 aliphatic rings. The molecule has 4 heteroatoms. The molecule has 0 saturated heterocycles. The number of benzene rings is 2. The van der Waals surface area contributed by atoms with Gasteiger partial charge in [0.05, 0.1) is 14.2 Å². The molecule has 0 saturated carbocycles. The number of hydrogen-bond donors (Lipinski definition) is 0. The van der Waals surface area contributed by atoms with Gasteiger partial charge in [-0.2, -0.15) is 0 Å². The summed E-state index contributed by atoms with van der Waals surface area (Å²) in [5, 5.41) is 0. The van der Waals surface area contributed by atoms with E-state index in [4.69, 9.17) is 9.47 Å². The van der Waals surface area contributed by atoms with Crippen molar-refractivity contribution < 1.29 is 18.7 Å². The number of aldehydes is 1. The Kier molecular flexibility index (Phi) is 4.93. The van der Waals surface area contributed by atoms with Crippen molar-refractivity contribution in [1.29, 1.82) is 0 Å². The number of carbonyl (C=O) groups is 1. The maximum atomic E-state index is 12.9. The SMILES string of the molecule is COc1ccc(CC(C=O)c2ccc(F)cc2)cc1OC. The Morgan fingerprint density at radius 2 is 1.71 bits per heavy atom. The second-order valence-corrected chi connectivity index (χ2v) is 4.69. The third kappa shape index (κ3) is 3.60. The molecule has 0 aromatic heterocycles. The van der Waals surface area contributed by atoms with E-state index in [0.717, 1.165) is 17.4 Å². The van der Waals surface area contributed by atoms with Crippen LogP contribution in [0.2, 0.25) is 0 Å². The lowest BCUT2D eigenvalue weighted by Gasteiger charge is -2.13. The minimum atomic E-state index is -0.316. The summed E-state index contributed by atoms with van der Waals surface area (Å²) in [4.78, 5) is 11.3. The van der Waals surface area contributed by atoms with Gasteiger partial charge < -0.3 is 14.3 Å². The van der Waals surface area contributed by atoms with Crippen LogP contribution >= 0.6 is 0 Å². The maximum Gasteiger partial charge on any atom is 0.160 e. The zero-order valence-electron chi connectivity index (χ0n) is 12.0. The van der Waals surface area contributed by atoms with Crippen LogP contribution in [0.25, 0.3) is 0 Å². The molecule has 3 nitrogen and oxygen atoms in total. The van der Waals surface area contributed by atoms with Crippen LogP contribution in [0.15, 0.2) is 42.5 Å².